The van der Waals surface area contributed by atoms with Crippen molar-refractivity contribution in [3.8, 4) is 11.5 Å². The molecule has 2 aliphatic rings. The third-order valence-electron chi connectivity index (χ3n) is 5.05. The van der Waals surface area contributed by atoms with E-state index in [0.717, 1.165) is 24.8 Å². The van der Waals surface area contributed by atoms with Crippen molar-refractivity contribution in [3.63, 3.8) is 0 Å². The number of hydroxylamine groups is 1. The summed E-state index contributed by atoms with van der Waals surface area (Å²) in [7, 11) is 0. The van der Waals surface area contributed by atoms with Gasteiger partial charge in [-0.1, -0.05) is 19.9 Å². The van der Waals surface area contributed by atoms with E-state index in [0.29, 0.717) is 30.2 Å². The van der Waals surface area contributed by atoms with Crippen molar-refractivity contribution in [2.45, 2.75) is 46.0 Å². The molecular formula is C22H27N3O4. The number of fused-ring (bicyclic) bond motifs is 1. The topological polar surface area (TPSA) is 101 Å². The van der Waals surface area contributed by atoms with Crippen LogP contribution in [0, 0.1) is 11.8 Å². The Kier molecular flexibility index (Phi) is 6.82. The van der Waals surface area contributed by atoms with Crippen LogP contribution in [-0.2, 0) is 22.4 Å². The minimum absolute atomic E-state index is 0.00151. The van der Waals surface area contributed by atoms with Gasteiger partial charge in [0.15, 0.2) is 0 Å². The van der Waals surface area contributed by atoms with E-state index in [1.807, 2.05) is 32.0 Å². The van der Waals surface area contributed by atoms with Gasteiger partial charge >= 0.3 is 0 Å². The molecule has 0 radical (unpaired) electrons. The summed E-state index contributed by atoms with van der Waals surface area (Å²) in [5.74, 6) is 1.24. The number of nitrogens with one attached hydrogen (secondary N) is 2. The van der Waals surface area contributed by atoms with Crippen LogP contribution in [-0.4, -0.2) is 22.0 Å². The van der Waals surface area contributed by atoms with E-state index < -0.39 is 0 Å². The van der Waals surface area contributed by atoms with E-state index in [4.69, 9.17) is 9.94 Å². The Balaban J connectivity index is 0.00000117. The number of hydrogen-bond donors (Lipinski definition) is 3. The van der Waals surface area contributed by atoms with Gasteiger partial charge in [-0.05, 0) is 61.4 Å². The van der Waals surface area contributed by atoms with E-state index in [-0.39, 0.29) is 23.7 Å². The molecule has 1 saturated carbocycles. The molecule has 7 heteroatoms. The number of carbonyl (C=O) groups is 2. The van der Waals surface area contributed by atoms with Crippen LogP contribution in [0.1, 0.15) is 44.2 Å². The molecule has 2 aliphatic carbocycles. The van der Waals surface area contributed by atoms with E-state index in [1.165, 1.54) is 5.56 Å². The number of aromatic nitrogens is 1. The Bertz CT molecular complexity index is 880. The van der Waals surface area contributed by atoms with Crippen molar-refractivity contribution >= 4 is 17.6 Å². The first-order valence-electron chi connectivity index (χ1n) is 10.1. The van der Waals surface area contributed by atoms with Crippen LogP contribution in [0.5, 0.6) is 11.5 Å². The second-order valence-corrected chi connectivity index (χ2v) is 7.09. The van der Waals surface area contributed by atoms with Crippen LogP contribution in [0.3, 0.4) is 0 Å². The second-order valence-electron chi connectivity index (χ2n) is 7.09. The van der Waals surface area contributed by atoms with E-state index in [1.54, 1.807) is 23.8 Å². The van der Waals surface area contributed by atoms with Gasteiger partial charge in [-0.15, -0.1) is 0 Å². The van der Waals surface area contributed by atoms with Crippen molar-refractivity contribution in [3.05, 3.63) is 47.7 Å². The summed E-state index contributed by atoms with van der Waals surface area (Å²) >= 11 is 0. The monoisotopic (exact) mass is 397 g/mol. The van der Waals surface area contributed by atoms with E-state index in [2.05, 4.69) is 10.3 Å². The van der Waals surface area contributed by atoms with Gasteiger partial charge in [0.25, 0.3) is 0 Å². The lowest BCUT2D eigenvalue weighted by Gasteiger charge is -2.23. The average Bonchev–Trinajstić information content (AvgIpc) is 3.60. The summed E-state index contributed by atoms with van der Waals surface area (Å²) < 4.78 is 5.92. The van der Waals surface area contributed by atoms with Crippen molar-refractivity contribution in [1.82, 2.24) is 10.5 Å². The Morgan fingerprint density at radius 3 is 2.48 bits per heavy atom. The average molecular weight is 397 g/mol. The summed E-state index contributed by atoms with van der Waals surface area (Å²) in [4.78, 5) is 27.7. The Morgan fingerprint density at radius 1 is 1.00 bits per heavy atom. The third-order valence-corrected chi connectivity index (χ3v) is 5.05. The number of ether oxygens (including phenoxy) is 1. The SMILES string of the molecule is CC.O=C(NO)C1CCc2ccc(Oc3ccnc(NC(=O)C4CC4)c3)cc2C1. The highest BCUT2D eigenvalue weighted by atomic mass is 16.5. The van der Waals surface area contributed by atoms with Crippen molar-refractivity contribution in [2.24, 2.45) is 11.8 Å². The predicted octanol–water partition coefficient (Wildman–Crippen LogP) is 3.86. The van der Waals surface area contributed by atoms with Gasteiger partial charge < -0.3 is 10.1 Å². The molecule has 0 bridgehead atoms. The molecule has 2 aromatic rings. The second kappa shape index (κ2) is 9.52. The molecular weight excluding hydrogens is 370 g/mol. The standard InChI is InChI=1S/C20H21N3O4.C2H6/c24-19(13-2-3-13)22-18-11-17(7-8-21-18)27-16-6-5-12-1-4-14(20(25)23-26)9-15(12)10-16;1-2/h5-8,10-11,13-14,26H,1-4,9H2,(H,23,25)(H,21,22,24);1-2H3. The molecule has 3 N–H and O–H groups in total. The Labute approximate surface area is 170 Å². The molecule has 1 fully saturated rings. The molecule has 0 saturated heterocycles. The van der Waals surface area contributed by atoms with Crippen LogP contribution >= 0.6 is 0 Å². The maximum atomic E-state index is 11.9. The van der Waals surface area contributed by atoms with Gasteiger partial charge in [0.1, 0.15) is 17.3 Å². The van der Waals surface area contributed by atoms with Crippen molar-refractivity contribution < 1.29 is 19.5 Å². The first-order chi connectivity index (χ1) is 14.1. The van der Waals surface area contributed by atoms with Gasteiger partial charge in [-0.3, -0.25) is 14.8 Å². The third kappa shape index (κ3) is 5.32. The molecule has 29 heavy (non-hydrogen) atoms. The lowest BCUT2D eigenvalue weighted by molar-refractivity contribution is -0.133. The minimum Gasteiger partial charge on any atom is -0.457 e. The van der Waals surface area contributed by atoms with E-state index in [9.17, 15) is 9.59 Å². The molecule has 0 spiro atoms. The summed E-state index contributed by atoms with van der Waals surface area (Å²) in [6.07, 6.45) is 5.54. The van der Waals surface area contributed by atoms with Crippen LogP contribution in [0.15, 0.2) is 36.5 Å². The number of pyridine rings is 1. The number of carbonyl (C=O) groups excluding carboxylic acids is 2. The lowest BCUT2D eigenvalue weighted by Crippen LogP contribution is -2.31. The first-order valence-corrected chi connectivity index (χ1v) is 10.1. The number of aryl methyl sites for hydroxylation is 1. The van der Waals surface area contributed by atoms with E-state index >= 15 is 0 Å². The van der Waals surface area contributed by atoms with Gasteiger partial charge in [0.2, 0.25) is 11.8 Å². The summed E-state index contributed by atoms with van der Waals surface area (Å²) in [5, 5.41) is 11.7. The Hall–Kier alpha value is -2.93. The number of rotatable bonds is 5. The fraction of sp³-hybridized carbons (Fsp3) is 0.409. The highest BCUT2D eigenvalue weighted by molar-refractivity contribution is 5.93. The molecule has 154 valence electrons. The quantitative estimate of drug-likeness (QED) is 0.525. The first kappa shape index (κ1) is 20.8. The largest absolute Gasteiger partial charge is 0.457 e. The number of nitrogens with zero attached hydrogens (tertiary/aromatic N) is 1. The fourth-order valence-electron chi connectivity index (χ4n) is 3.36. The Morgan fingerprint density at radius 2 is 1.76 bits per heavy atom. The maximum absolute atomic E-state index is 11.9. The predicted molar refractivity (Wildman–Crippen MR) is 109 cm³/mol. The molecule has 1 unspecified atom stereocenters. The number of amides is 2. The lowest BCUT2D eigenvalue weighted by atomic mass is 9.83. The molecule has 7 nitrogen and oxygen atoms in total. The molecule has 0 aliphatic heterocycles. The van der Waals surface area contributed by atoms with Crippen LogP contribution in [0.25, 0.3) is 0 Å². The van der Waals surface area contributed by atoms with Crippen LogP contribution in [0.4, 0.5) is 5.82 Å². The summed E-state index contributed by atoms with van der Waals surface area (Å²) in [6.45, 7) is 4.00. The number of hydrogen-bond acceptors (Lipinski definition) is 5. The maximum Gasteiger partial charge on any atom is 0.246 e. The summed E-state index contributed by atoms with van der Waals surface area (Å²) in [5.41, 5.74) is 3.98. The van der Waals surface area contributed by atoms with Crippen molar-refractivity contribution in [1.29, 1.82) is 0 Å². The van der Waals surface area contributed by atoms with Gasteiger partial charge in [0, 0.05) is 24.1 Å². The molecule has 2 amide bonds. The highest BCUT2D eigenvalue weighted by Gasteiger charge is 2.30. The van der Waals surface area contributed by atoms with Crippen LogP contribution in [0.2, 0.25) is 0 Å². The normalized spacial score (nSPS) is 17.3. The van der Waals surface area contributed by atoms with Gasteiger partial charge in [-0.25, -0.2) is 10.5 Å². The smallest absolute Gasteiger partial charge is 0.246 e. The zero-order valence-electron chi connectivity index (χ0n) is 16.8. The molecule has 1 heterocycles. The van der Waals surface area contributed by atoms with Gasteiger partial charge in [-0.2, -0.15) is 0 Å². The molecule has 1 aromatic carbocycles. The zero-order valence-corrected chi connectivity index (χ0v) is 16.8. The highest BCUT2D eigenvalue weighted by Crippen LogP contribution is 2.32. The van der Waals surface area contributed by atoms with Gasteiger partial charge in [0.05, 0.1) is 0 Å². The van der Waals surface area contributed by atoms with Crippen LogP contribution < -0.4 is 15.5 Å². The molecule has 1 atom stereocenters. The molecule has 4 rings (SSSR count). The van der Waals surface area contributed by atoms with Crippen molar-refractivity contribution in [2.75, 3.05) is 5.32 Å². The number of anilines is 1. The zero-order chi connectivity index (χ0) is 20.8. The minimum atomic E-state index is -0.350. The fourth-order valence-corrected chi connectivity index (χ4v) is 3.36. The molecule has 1 aromatic heterocycles. The number of benzene rings is 1. The summed E-state index contributed by atoms with van der Waals surface area (Å²) in [6, 6.07) is 9.26.